The zero-order chi connectivity index (χ0) is 15.1. The smallest absolute Gasteiger partial charge is 0.328 e. The number of thiophene rings is 1. The summed E-state index contributed by atoms with van der Waals surface area (Å²) in [6.45, 7) is 0.650. The Morgan fingerprint density at radius 1 is 1.35 bits per heavy atom. The number of amides is 2. The van der Waals surface area contributed by atoms with Crippen molar-refractivity contribution < 1.29 is 24.6 Å². The van der Waals surface area contributed by atoms with Crippen LogP contribution in [-0.4, -0.2) is 40.6 Å². The average molecular weight is 300 g/mol. The van der Waals surface area contributed by atoms with Gasteiger partial charge in [0.25, 0.3) is 0 Å². The Kier molecular flexibility index (Phi) is 6.13. The zero-order valence-electron chi connectivity index (χ0n) is 10.8. The van der Waals surface area contributed by atoms with Crippen LogP contribution >= 0.6 is 11.3 Å². The molecule has 1 aromatic rings. The van der Waals surface area contributed by atoms with Crippen LogP contribution in [-0.2, 0) is 14.4 Å². The molecule has 2 amide bonds. The number of rotatable bonds is 7. The number of carboxylic acids is 1. The van der Waals surface area contributed by atoms with E-state index in [9.17, 15) is 14.4 Å². The van der Waals surface area contributed by atoms with E-state index in [0.29, 0.717) is 0 Å². The lowest BCUT2D eigenvalue weighted by Gasteiger charge is -2.18. The number of nitrogens with one attached hydrogen (secondary N) is 2. The maximum atomic E-state index is 11.8. The lowest BCUT2D eigenvalue weighted by molar-refractivity contribution is -0.143. The van der Waals surface area contributed by atoms with Crippen LogP contribution < -0.4 is 10.6 Å². The molecule has 1 aromatic heterocycles. The number of carboxylic acid groups (broad SMARTS) is 1. The summed E-state index contributed by atoms with van der Waals surface area (Å²) < 4.78 is 0. The first-order valence-electron chi connectivity index (χ1n) is 5.87. The second-order valence-corrected chi connectivity index (χ2v) is 5.09. The number of hydrogen-bond acceptors (Lipinski definition) is 5. The maximum Gasteiger partial charge on any atom is 0.328 e. The minimum absolute atomic E-state index is 0.0934. The molecule has 4 N–H and O–H groups in total. The SMILES string of the molecule is CC(=O)NC(CC(=O)N[C@@H](CO)C(=O)O)c1cccs1. The standard InChI is InChI=1S/C12H16N2O5S/c1-7(16)13-8(10-3-2-4-20-10)5-11(17)14-9(6-15)12(18)19/h2-4,8-9,15H,5-6H2,1H3,(H,13,16)(H,14,17)(H,18,19)/t8?,9-/m0/s1. The third kappa shape index (κ3) is 4.98. The molecule has 0 aliphatic rings. The van der Waals surface area contributed by atoms with Crippen molar-refractivity contribution in [3.8, 4) is 0 Å². The molecule has 0 saturated carbocycles. The van der Waals surface area contributed by atoms with Gasteiger partial charge in [0.05, 0.1) is 19.1 Å². The summed E-state index contributed by atoms with van der Waals surface area (Å²) in [5.74, 6) is -2.15. The van der Waals surface area contributed by atoms with Gasteiger partial charge in [-0.3, -0.25) is 9.59 Å². The van der Waals surface area contributed by atoms with Crippen LogP contribution in [0.5, 0.6) is 0 Å². The minimum atomic E-state index is -1.34. The van der Waals surface area contributed by atoms with Crippen molar-refractivity contribution >= 4 is 29.1 Å². The highest BCUT2D eigenvalue weighted by molar-refractivity contribution is 7.10. The largest absolute Gasteiger partial charge is 0.480 e. The summed E-state index contributed by atoms with van der Waals surface area (Å²) in [7, 11) is 0. The Hall–Kier alpha value is -1.93. The van der Waals surface area contributed by atoms with Gasteiger partial charge in [0.2, 0.25) is 11.8 Å². The van der Waals surface area contributed by atoms with Gasteiger partial charge in [-0.15, -0.1) is 11.3 Å². The van der Waals surface area contributed by atoms with E-state index < -0.39 is 30.6 Å². The Bertz CT molecular complexity index is 474. The molecule has 0 spiro atoms. The minimum Gasteiger partial charge on any atom is -0.480 e. The second-order valence-electron chi connectivity index (χ2n) is 4.11. The molecule has 2 atom stereocenters. The van der Waals surface area contributed by atoms with Gasteiger partial charge in [-0.25, -0.2) is 4.79 Å². The van der Waals surface area contributed by atoms with E-state index in [1.807, 2.05) is 5.38 Å². The number of aliphatic carboxylic acids is 1. The summed E-state index contributed by atoms with van der Waals surface area (Å²) in [5.41, 5.74) is 0. The summed E-state index contributed by atoms with van der Waals surface area (Å²) in [5, 5.41) is 24.2. The molecule has 1 rings (SSSR count). The fourth-order valence-corrected chi connectivity index (χ4v) is 2.36. The van der Waals surface area contributed by atoms with Gasteiger partial charge in [-0.2, -0.15) is 0 Å². The van der Waals surface area contributed by atoms with E-state index in [1.54, 1.807) is 12.1 Å². The van der Waals surface area contributed by atoms with Gasteiger partial charge in [-0.1, -0.05) is 6.07 Å². The normalized spacial score (nSPS) is 13.3. The molecule has 0 aliphatic carbocycles. The first-order valence-corrected chi connectivity index (χ1v) is 6.75. The first-order chi connectivity index (χ1) is 9.43. The fourth-order valence-electron chi connectivity index (χ4n) is 1.58. The molecular formula is C12H16N2O5S. The summed E-state index contributed by atoms with van der Waals surface area (Å²) >= 11 is 1.39. The fraction of sp³-hybridized carbons (Fsp3) is 0.417. The highest BCUT2D eigenvalue weighted by Crippen LogP contribution is 2.21. The van der Waals surface area contributed by atoms with E-state index in [0.717, 1.165) is 4.88 Å². The molecule has 0 radical (unpaired) electrons. The lowest BCUT2D eigenvalue weighted by Crippen LogP contribution is -2.44. The summed E-state index contributed by atoms with van der Waals surface area (Å²) in [6, 6.07) is 1.71. The topological polar surface area (TPSA) is 116 Å². The highest BCUT2D eigenvalue weighted by atomic mass is 32.1. The van der Waals surface area contributed by atoms with Gasteiger partial charge in [0.15, 0.2) is 0 Å². The molecule has 0 aromatic carbocycles. The maximum absolute atomic E-state index is 11.8. The van der Waals surface area contributed by atoms with Crippen LogP contribution in [0.15, 0.2) is 17.5 Å². The predicted molar refractivity (Wildman–Crippen MR) is 72.1 cm³/mol. The molecule has 1 heterocycles. The van der Waals surface area contributed by atoms with Crippen molar-refractivity contribution in [1.29, 1.82) is 0 Å². The van der Waals surface area contributed by atoms with Gasteiger partial charge in [-0.05, 0) is 11.4 Å². The number of carbonyl (C=O) groups is 3. The third-order valence-corrected chi connectivity index (χ3v) is 3.46. The van der Waals surface area contributed by atoms with Gasteiger partial charge in [0, 0.05) is 11.8 Å². The van der Waals surface area contributed by atoms with Gasteiger partial charge >= 0.3 is 5.97 Å². The number of aliphatic hydroxyl groups is 1. The molecule has 0 aliphatic heterocycles. The van der Waals surface area contributed by atoms with Crippen LogP contribution in [0.4, 0.5) is 0 Å². The van der Waals surface area contributed by atoms with E-state index >= 15 is 0 Å². The van der Waals surface area contributed by atoms with Crippen LogP contribution in [0.25, 0.3) is 0 Å². The quantitative estimate of drug-likeness (QED) is 0.560. The molecule has 20 heavy (non-hydrogen) atoms. The monoisotopic (exact) mass is 300 g/mol. The van der Waals surface area contributed by atoms with Crippen molar-refractivity contribution in [2.24, 2.45) is 0 Å². The van der Waals surface area contributed by atoms with Crippen molar-refractivity contribution in [3.63, 3.8) is 0 Å². The van der Waals surface area contributed by atoms with E-state index in [1.165, 1.54) is 18.3 Å². The molecular weight excluding hydrogens is 284 g/mol. The van der Waals surface area contributed by atoms with Crippen molar-refractivity contribution in [1.82, 2.24) is 10.6 Å². The van der Waals surface area contributed by atoms with Crippen LogP contribution in [0, 0.1) is 0 Å². The third-order valence-electron chi connectivity index (χ3n) is 2.47. The molecule has 7 nitrogen and oxygen atoms in total. The van der Waals surface area contributed by atoms with Gasteiger partial charge in [0.1, 0.15) is 6.04 Å². The predicted octanol–water partition coefficient (Wildman–Crippen LogP) is -0.123. The molecule has 0 fully saturated rings. The summed E-state index contributed by atoms with van der Waals surface area (Å²) in [6.07, 6.45) is -0.0934. The molecule has 1 unspecified atom stereocenters. The molecule has 110 valence electrons. The Morgan fingerprint density at radius 3 is 2.50 bits per heavy atom. The van der Waals surface area contributed by atoms with Crippen molar-refractivity contribution in [3.05, 3.63) is 22.4 Å². The number of hydrogen-bond donors (Lipinski definition) is 4. The average Bonchev–Trinajstić information content (AvgIpc) is 2.87. The van der Waals surface area contributed by atoms with E-state index in [4.69, 9.17) is 10.2 Å². The number of aliphatic hydroxyl groups excluding tert-OH is 1. The van der Waals surface area contributed by atoms with E-state index in [2.05, 4.69) is 10.6 Å². The van der Waals surface area contributed by atoms with Gasteiger partial charge < -0.3 is 20.8 Å². The second kappa shape index (κ2) is 7.61. The Labute approximate surface area is 119 Å². The van der Waals surface area contributed by atoms with Crippen molar-refractivity contribution in [2.75, 3.05) is 6.61 Å². The lowest BCUT2D eigenvalue weighted by atomic mass is 10.1. The Morgan fingerprint density at radius 2 is 2.05 bits per heavy atom. The molecule has 0 bridgehead atoms. The first kappa shape index (κ1) is 16.1. The Balaban J connectivity index is 2.67. The van der Waals surface area contributed by atoms with E-state index in [-0.39, 0.29) is 12.3 Å². The highest BCUT2D eigenvalue weighted by Gasteiger charge is 2.22. The van der Waals surface area contributed by atoms with Crippen LogP contribution in [0.2, 0.25) is 0 Å². The molecule has 0 saturated heterocycles. The van der Waals surface area contributed by atoms with Crippen LogP contribution in [0.1, 0.15) is 24.3 Å². The summed E-state index contributed by atoms with van der Waals surface area (Å²) in [4.78, 5) is 34.4. The zero-order valence-corrected chi connectivity index (χ0v) is 11.6. The van der Waals surface area contributed by atoms with Crippen molar-refractivity contribution in [2.45, 2.75) is 25.4 Å². The number of carbonyl (C=O) groups excluding carboxylic acids is 2. The molecule has 8 heteroatoms. The van der Waals surface area contributed by atoms with Crippen LogP contribution in [0.3, 0.4) is 0 Å².